The van der Waals surface area contributed by atoms with Crippen LogP contribution in [0.4, 0.5) is 44.7 Å². The number of aromatic carboxylic acids is 1. The Bertz CT molecular complexity index is 5880. The molecule has 0 spiro atoms. The van der Waals surface area contributed by atoms with Crippen molar-refractivity contribution in [3.63, 3.8) is 0 Å². The molecule has 0 radical (unpaired) electrons. The number of hydrogen-bond acceptors (Lipinski definition) is 25. The van der Waals surface area contributed by atoms with Gasteiger partial charge in [-0.3, -0.25) is 29.7 Å². The Kier molecular flexibility index (Phi) is 32.8. The van der Waals surface area contributed by atoms with Crippen LogP contribution < -0.4 is 38.5 Å². The van der Waals surface area contributed by atoms with Crippen molar-refractivity contribution in [1.82, 2.24) is 44.9 Å². The van der Waals surface area contributed by atoms with Crippen molar-refractivity contribution in [2.75, 3.05) is 125 Å². The third-order valence-corrected chi connectivity index (χ3v) is 26.8. The van der Waals surface area contributed by atoms with Gasteiger partial charge in [0.05, 0.1) is 110 Å². The van der Waals surface area contributed by atoms with Crippen LogP contribution in [0.2, 0.25) is 0 Å². The van der Waals surface area contributed by atoms with Gasteiger partial charge in [-0.15, -0.1) is 0 Å². The maximum absolute atomic E-state index is 14.4. The number of anilines is 4. The second-order valence-corrected chi connectivity index (χ2v) is 39.5. The maximum Gasteiger partial charge on any atom is 0.433 e. The number of rotatable bonds is 23. The average Bonchev–Trinajstić information content (AvgIpc) is 0.801. The summed E-state index contributed by atoms with van der Waals surface area (Å²) in [6, 6.07) is 28.4. The lowest BCUT2D eigenvalue weighted by molar-refractivity contribution is -0.141. The number of morpholine rings is 4. The molecule has 4 aliphatic carbocycles. The third-order valence-electron chi connectivity index (χ3n) is 26.8. The normalized spacial score (nSPS) is 21.3. The topological polar surface area (TPSA) is 283 Å². The van der Waals surface area contributed by atoms with Gasteiger partial charge < -0.3 is 67.3 Å². The standard InChI is InChI=1S/C30H36FN3O4.C26H28FN3O4.C25H27F3N4O2.C25H35N3O3/c1-30(2,3)38-29(35)24-17-21(6-9-25(24)31)16-20-4-7-23(8-5-20)37-27-19-22(34-12-14-36-15-13-34)18-26-28(27)33-11-10-32-26;27-22-6-3-18(14-21(22)26(31)32)13-17-1-4-20(5-2-17)34-24-16-19(30-9-11-33-12-10-30)15-23-25(24)29-8-7-28-23;26-25(27,28)23-6-3-18(16-31-23)13-17-1-4-20(5-2-17)34-22-15-19(32-9-11-33-12-10-32)14-21-24(22)30-8-7-29-21;1-25(2,3)17-20(29)14-18-4-6-21(7-5-18)31-23-16-19(28-10-12-30-13-11-28)15-22-24(23)27-9-8-26-22/h6,9-11,17-20,23H,4-5,7-8,12-16H2,1-3H3;3,6-8,14-17,20H,1-2,4-5,9-13H2,(H,31,32);3,6-8,14-17,20H,1-2,4-5,9-13H2;8-9,15-16,18,21H,4-7,10-14,17H2,1-3H3. The molecule has 8 aliphatic rings. The molecule has 6 aromatic carbocycles. The first kappa shape index (κ1) is 98.4. The molecule has 4 saturated heterocycles. The van der Waals surface area contributed by atoms with Crippen molar-refractivity contribution in [3.05, 3.63) is 198 Å². The van der Waals surface area contributed by atoms with Gasteiger partial charge in [-0.25, -0.2) is 38.3 Å². The highest BCUT2D eigenvalue weighted by Crippen LogP contribution is 2.42. The van der Waals surface area contributed by atoms with E-state index in [1.807, 2.05) is 0 Å². The number of hydrogen-bond donors (Lipinski definition) is 1. The van der Waals surface area contributed by atoms with E-state index in [1.54, 1.807) is 94.6 Å². The van der Waals surface area contributed by atoms with E-state index in [9.17, 15) is 41.4 Å². The Morgan fingerprint density at radius 2 is 0.672 bits per heavy atom. The first-order valence-corrected chi connectivity index (χ1v) is 48.7. The quantitative estimate of drug-likeness (QED) is 0.0460. The summed E-state index contributed by atoms with van der Waals surface area (Å²) < 4.78 is 120. The number of fused-ring (bicyclic) bond motifs is 4. The van der Waals surface area contributed by atoms with Crippen molar-refractivity contribution in [2.24, 2.45) is 29.1 Å². The molecule has 5 aromatic heterocycles. The molecule has 19 rings (SSSR count). The first-order chi connectivity index (χ1) is 66.1. The SMILES string of the molecule is CC(C)(C)CC(=O)CC1CCC(Oc2cc(N3CCOCC3)cc3nccnc23)CC1.CC(C)(C)OC(=O)c1cc(CC2CCC(Oc3cc(N4CCOCC4)cc4nccnc34)CC2)ccc1F.FC(F)(F)c1ccc(CC2CCC(Oc3cc(N4CCOCC4)cc4nccnc34)CC2)cn1.O=C(O)c1cc(CC2CCC(Oc3cc(N4CCOCC4)cc4nccnc34)CC2)ccc1F. The third kappa shape index (κ3) is 27.5. The molecule has 0 amide bonds. The lowest BCUT2D eigenvalue weighted by Gasteiger charge is -2.31. The zero-order chi connectivity index (χ0) is 95.6. The van der Waals surface area contributed by atoms with Crippen LogP contribution in [-0.2, 0) is 53.9 Å². The minimum absolute atomic E-state index is 0.00239. The zero-order valence-electron chi connectivity index (χ0n) is 79.3. The van der Waals surface area contributed by atoms with Crippen molar-refractivity contribution in [1.29, 1.82) is 0 Å². The van der Waals surface area contributed by atoms with Crippen LogP contribution in [0.5, 0.6) is 23.0 Å². The number of Topliss-reactive ketones (excluding diaryl/α,β-unsaturated/α-hetero) is 1. The van der Waals surface area contributed by atoms with Crippen LogP contribution in [-0.4, -0.2) is 203 Å². The fraction of sp³-hybridized carbons (Fsp3) is 0.509. The molecule has 4 aliphatic heterocycles. The number of ketones is 1. The Labute approximate surface area is 796 Å². The lowest BCUT2D eigenvalue weighted by atomic mass is 9.81. The summed E-state index contributed by atoms with van der Waals surface area (Å²) in [5.74, 6) is 2.19. The predicted octanol–water partition coefficient (Wildman–Crippen LogP) is 20.1. The van der Waals surface area contributed by atoms with Gasteiger partial charge in [-0.05, 0) is 243 Å². The Hall–Kier alpha value is -11.7. The summed E-state index contributed by atoms with van der Waals surface area (Å²) in [7, 11) is 0. The highest BCUT2D eigenvalue weighted by Gasteiger charge is 2.35. The largest absolute Gasteiger partial charge is 0.488 e. The molecule has 4 saturated carbocycles. The number of carboxylic acids is 1. The molecule has 11 aromatic rings. The van der Waals surface area contributed by atoms with Crippen molar-refractivity contribution >= 4 is 84.6 Å². The zero-order valence-corrected chi connectivity index (χ0v) is 79.3. The monoisotopic (exact) mass is 1880 g/mol. The second-order valence-electron chi connectivity index (χ2n) is 39.5. The van der Waals surface area contributed by atoms with Crippen LogP contribution in [0.3, 0.4) is 0 Å². The van der Waals surface area contributed by atoms with E-state index in [0.29, 0.717) is 81.9 Å². The Morgan fingerprint density at radius 1 is 0.372 bits per heavy atom. The van der Waals surface area contributed by atoms with Gasteiger partial charge in [-0.1, -0.05) is 39.0 Å². The minimum Gasteiger partial charge on any atom is -0.488 e. The number of ether oxygens (including phenoxy) is 9. The highest BCUT2D eigenvalue weighted by atomic mass is 19.4. The van der Waals surface area contributed by atoms with E-state index in [-0.39, 0.29) is 41.0 Å². The number of carbonyl (C=O) groups excluding carboxylic acids is 2. The molecule has 26 nitrogen and oxygen atoms in total. The minimum atomic E-state index is -4.40. The summed E-state index contributed by atoms with van der Waals surface area (Å²) in [5.41, 5.74) is 11.8. The van der Waals surface area contributed by atoms with Crippen LogP contribution in [0.1, 0.15) is 200 Å². The molecule has 0 bridgehead atoms. The number of pyridine rings is 1. The maximum atomic E-state index is 14.4. The van der Waals surface area contributed by atoms with E-state index >= 15 is 0 Å². The molecule has 31 heteroatoms. The van der Waals surface area contributed by atoms with Gasteiger partial charge in [0.1, 0.15) is 73.8 Å². The number of esters is 1. The summed E-state index contributed by atoms with van der Waals surface area (Å²) in [6.07, 6.45) is 30.0. The fourth-order valence-electron chi connectivity index (χ4n) is 19.8. The molecular formula is C106H126F5N13O13. The van der Waals surface area contributed by atoms with Gasteiger partial charge in [0.25, 0.3) is 0 Å². The van der Waals surface area contributed by atoms with E-state index < -0.39 is 41.0 Å². The van der Waals surface area contributed by atoms with Crippen molar-refractivity contribution < 1.29 is 84.1 Å². The number of nitrogens with zero attached hydrogens (tertiary/aromatic N) is 13. The number of aromatic nitrogens is 9. The smallest absolute Gasteiger partial charge is 0.433 e. The summed E-state index contributed by atoms with van der Waals surface area (Å²) >= 11 is 0. The van der Waals surface area contributed by atoms with Gasteiger partial charge in [0, 0.05) is 168 Å². The summed E-state index contributed by atoms with van der Waals surface area (Å²) in [6.45, 7) is 24.2. The number of alkyl halides is 3. The number of benzene rings is 6. The average molecular weight is 1890 g/mol. The summed E-state index contributed by atoms with van der Waals surface area (Å²) in [4.78, 5) is 85.0. The highest BCUT2D eigenvalue weighted by molar-refractivity contribution is 5.91. The number of carboxylic acid groups (broad SMARTS) is 1. The van der Waals surface area contributed by atoms with E-state index in [2.05, 4.69) is 134 Å². The molecule has 9 heterocycles. The lowest BCUT2D eigenvalue weighted by Crippen LogP contribution is -2.36. The second kappa shape index (κ2) is 45.7. The summed E-state index contributed by atoms with van der Waals surface area (Å²) in [5, 5.41) is 9.17. The molecular weight excluding hydrogens is 1760 g/mol. The molecule has 0 unspecified atom stereocenters. The van der Waals surface area contributed by atoms with E-state index in [1.165, 1.54) is 24.4 Å². The Morgan fingerprint density at radius 3 is 0.971 bits per heavy atom. The Balaban J connectivity index is 0.000000133. The predicted molar refractivity (Wildman–Crippen MR) is 515 cm³/mol. The van der Waals surface area contributed by atoms with Crippen LogP contribution in [0.25, 0.3) is 44.1 Å². The molecule has 0 atom stereocenters. The van der Waals surface area contributed by atoms with Crippen LogP contribution >= 0.6 is 0 Å². The molecule has 137 heavy (non-hydrogen) atoms. The molecule has 728 valence electrons. The number of halogens is 5. The number of carbonyl (C=O) groups is 3. The van der Waals surface area contributed by atoms with E-state index in [0.717, 1.165) is 300 Å². The van der Waals surface area contributed by atoms with Crippen molar-refractivity contribution in [3.8, 4) is 23.0 Å². The van der Waals surface area contributed by atoms with Gasteiger partial charge in [-0.2, -0.15) is 13.2 Å². The van der Waals surface area contributed by atoms with Crippen LogP contribution in [0.15, 0.2) is 153 Å². The van der Waals surface area contributed by atoms with Crippen LogP contribution in [0, 0.1) is 40.7 Å². The fourth-order valence-corrected chi connectivity index (χ4v) is 19.8. The first-order valence-electron chi connectivity index (χ1n) is 48.7. The molecule has 1 N–H and O–H groups in total. The molecule has 8 fully saturated rings. The van der Waals surface area contributed by atoms with Gasteiger partial charge >= 0.3 is 18.1 Å². The van der Waals surface area contributed by atoms with Gasteiger partial charge in [0.15, 0.2) is 0 Å². The van der Waals surface area contributed by atoms with Crippen molar-refractivity contribution in [2.45, 2.75) is 213 Å². The van der Waals surface area contributed by atoms with E-state index in [4.69, 9.17) is 42.6 Å². The van der Waals surface area contributed by atoms with Gasteiger partial charge in [0.2, 0.25) is 0 Å².